The third-order valence-corrected chi connectivity index (χ3v) is 4.43. The van der Waals surface area contributed by atoms with E-state index in [4.69, 9.17) is 0 Å². The highest BCUT2D eigenvalue weighted by molar-refractivity contribution is 9.10. The van der Waals surface area contributed by atoms with Crippen molar-refractivity contribution in [3.8, 4) is 0 Å². The Balaban J connectivity index is 2.32. The predicted molar refractivity (Wildman–Crippen MR) is 88.4 cm³/mol. The van der Waals surface area contributed by atoms with Gasteiger partial charge in [-0.3, -0.25) is 0 Å². The van der Waals surface area contributed by atoms with Crippen molar-refractivity contribution in [2.75, 3.05) is 6.54 Å². The average Bonchev–Trinajstić information content (AvgIpc) is 2.43. The van der Waals surface area contributed by atoms with Gasteiger partial charge in [0.1, 0.15) is 5.82 Å². The van der Waals surface area contributed by atoms with Crippen LogP contribution in [0, 0.1) is 5.82 Å². The molecule has 1 atom stereocenters. The molecule has 1 nitrogen and oxygen atoms in total. The Kier molecular flexibility index (Phi) is 5.75. The molecule has 1 unspecified atom stereocenters. The highest BCUT2D eigenvalue weighted by Crippen LogP contribution is 2.27. The zero-order valence-electron chi connectivity index (χ0n) is 11.2. The first-order valence-electron chi connectivity index (χ1n) is 6.53. The van der Waals surface area contributed by atoms with Crippen molar-refractivity contribution in [3.05, 3.63) is 68.4 Å². The minimum absolute atomic E-state index is 0.0452. The highest BCUT2D eigenvalue weighted by Gasteiger charge is 2.17. The molecule has 2 aromatic rings. The summed E-state index contributed by atoms with van der Waals surface area (Å²) in [7, 11) is 0. The maximum Gasteiger partial charge on any atom is 0.128 e. The van der Waals surface area contributed by atoms with Gasteiger partial charge in [-0.1, -0.05) is 57.0 Å². The molecule has 0 bridgehead atoms. The van der Waals surface area contributed by atoms with Gasteiger partial charge in [0.2, 0.25) is 0 Å². The van der Waals surface area contributed by atoms with E-state index in [1.807, 2.05) is 31.2 Å². The van der Waals surface area contributed by atoms with Gasteiger partial charge < -0.3 is 5.32 Å². The van der Waals surface area contributed by atoms with Crippen molar-refractivity contribution in [2.24, 2.45) is 0 Å². The molecule has 0 fully saturated rings. The van der Waals surface area contributed by atoms with Crippen LogP contribution < -0.4 is 5.32 Å². The standard InChI is InChI=1S/C16H16Br2FN/c1-2-20-16(9-11-5-3-4-6-14(11)18)13-10-12(17)7-8-15(13)19/h3-8,10,16,20H,2,9H2,1H3. The lowest BCUT2D eigenvalue weighted by atomic mass is 9.98. The van der Waals surface area contributed by atoms with Crippen LogP contribution in [0.3, 0.4) is 0 Å². The summed E-state index contributed by atoms with van der Waals surface area (Å²) in [5.41, 5.74) is 1.86. The summed E-state index contributed by atoms with van der Waals surface area (Å²) in [6.07, 6.45) is 0.739. The summed E-state index contributed by atoms with van der Waals surface area (Å²) >= 11 is 6.96. The summed E-state index contributed by atoms with van der Waals surface area (Å²) in [5.74, 6) is -0.175. The van der Waals surface area contributed by atoms with Crippen molar-refractivity contribution in [3.63, 3.8) is 0 Å². The Morgan fingerprint density at radius 3 is 2.60 bits per heavy atom. The predicted octanol–water partition coefficient (Wildman–Crippen LogP) is 5.24. The molecule has 1 N–H and O–H groups in total. The highest BCUT2D eigenvalue weighted by atomic mass is 79.9. The number of likely N-dealkylation sites (N-methyl/N-ethyl adjacent to an activating group) is 1. The first-order valence-corrected chi connectivity index (χ1v) is 8.12. The second kappa shape index (κ2) is 7.34. The number of hydrogen-bond acceptors (Lipinski definition) is 1. The molecule has 2 rings (SSSR count). The molecule has 0 aliphatic rings. The first-order chi connectivity index (χ1) is 9.61. The molecule has 0 aliphatic heterocycles. The molecule has 0 spiro atoms. The van der Waals surface area contributed by atoms with Crippen LogP contribution in [0.2, 0.25) is 0 Å². The fraction of sp³-hybridized carbons (Fsp3) is 0.250. The van der Waals surface area contributed by atoms with Crippen LogP contribution in [0.15, 0.2) is 51.4 Å². The molecule has 0 saturated heterocycles. The third kappa shape index (κ3) is 3.90. The van der Waals surface area contributed by atoms with Gasteiger partial charge in [-0.2, -0.15) is 0 Å². The largest absolute Gasteiger partial charge is 0.310 e. The number of nitrogens with one attached hydrogen (secondary N) is 1. The van der Waals surface area contributed by atoms with Crippen LogP contribution in [0.25, 0.3) is 0 Å². The van der Waals surface area contributed by atoms with E-state index >= 15 is 0 Å². The van der Waals surface area contributed by atoms with E-state index in [0.29, 0.717) is 5.56 Å². The van der Waals surface area contributed by atoms with Gasteiger partial charge in [-0.05, 0) is 42.8 Å². The van der Waals surface area contributed by atoms with Crippen molar-refractivity contribution in [2.45, 2.75) is 19.4 Å². The smallest absolute Gasteiger partial charge is 0.128 e. The number of halogens is 3. The van der Waals surface area contributed by atoms with E-state index < -0.39 is 0 Å². The van der Waals surface area contributed by atoms with Crippen molar-refractivity contribution in [1.82, 2.24) is 5.32 Å². The molecule has 0 heterocycles. The molecule has 0 saturated carbocycles. The molecule has 0 radical (unpaired) electrons. The summed E-state index contributed by atoms with van der Waals surface area (Å²) in [4.78, 5) is 0. The third-order valence-electron chi connectivity index (χ3n) is 3.17. The lowest BCUT2D eigenvalue weighted by Gasteiger charge is -2.20. The molecule has 20 heavy (non-hydrogen) atoms. The Hall–Kier alpha value is -0.710. The van der Waals surface area contributed by atoms with Gasteiger partial charge in [0.15, 0.2) is 0 Å². The van der Waals surface area contributed by atoms with Gasteiger partial charge in [0.25, 0.3) is 0 Å². The zero-order valence-corrected chi connectivity index (χ0v) is 14.3. The van der Waals surface area contributed by atoms with E-state index in [1.54, 1.807) is 6.07 Å². The minimum Gasteiger partial charge on any atom is -0.310 e. The van der Waals surface area contributed by atoms with Crippen LogP contribution in [-0.4, -0.2) is 6.54 Å². The normalized spacial score (nSPS) is 12.4. The van der Waals surface area contributed by atoms with Gasteiger partial charge in [0, 0.05) is 20.6 Å². The van der Waals surface area contributed by atoms with Gasteiger partial charge >= 0.3 is 0 Å². The summed E-state index contributed by atoms with van der Waals surface area (Å²) in [5, 5.41) is 3.36. The zero-order chi connectivity index (χ0) is 14.5. The fourth-order valence-electron chi connectivity index (χ4n) is 2.20. The Bertz CT molecular complexity index is 586. The number of hydrogen-bond donors (Lipinski definition) is 1. The molecular formula is C16H16Br2FN. The van der Waals surface area contributed by atoms with Crippen molar-refractivity contribution < 1.29 is 4.39 Å². The Morgan fingerprint density at radius 2 is 1.90 bits per heavy atom. The van der Waals surface area contributed by atoms with E-state index in [9.17, 15) is 4.39 Å². The molecular weight excluding hydrogens is 385 g/mol. The van der Waals surface area contributed by atoms with Crippen LogP contribution in [0.5, 0.6) is 0 Å². The monoisotopic (exact) mass is 399 g/mol. The van der Waals surface area contributed by atoms with Crippen LogP contribution in [0.4, 0.5) is 4.39 Å². The lowest BCUT2D eigenvalue weighted by molar-refractivity contribution is 0.509. The van der Waals surface area contributed by atoms with Crippen molar-refractivity contribution in [1.29, 1.82) is 0 Å². The maximum atomic E-state index is 14.1. The van der Waals surface area contributed by atoms with Gasteiger partial charge in [-0.25, -0.2) is 4.39 Å². The second-order valence-electron chi connectivity index (χ2n) is 4.57. The molecule has 0 amide bonds. The molecule has 0 aromatic heterocycles. The first kappa shape index (κ1) is 15.7. The second-order valence-corrected chi connectivity index (χ2v) is 6.34. The van der Waals surface area contributed by atoms with Gasteiger partial charge in [0.05, 0.1) is 0 Å². The number of benzene rings is 2. The maximum absolute atomic E-state index is 14.1. The summed E-state index contributed by atoms with van der Waals surface area (Å²) in [6.45, 7) is 2.82. The quantitative estimate of drug-likeness (QED) is 0.723. The molecule has 4 heteroatoms. The SMILES string of the molecule is CCNC(Cc1ccccc1Br)c1cc(Br)ccc1F. The number of rotatable bonds is 5. The molecule has 0 aliphatic carbocycles. The van der Waals surface area contributed by atoms with Crippen LogP contribution >= 0.6 is 31.9 Å². The summed E-state index contributed by atoms with van der Waals surface area (Å²) in [6, 6.07) is 13.1. The van der Waals surface area contributed by atoms with E-state index in [2.05, 4.69) is 43.2 Å². The molecule has 2 aromatic carbocycles. The van der Waals surface area contributed by atoms with Crippen molar-refractivity contribution >= 4 is 31.9 Å². The topological polar surface area (TPSA) is 12.0 Å². The van der Waals surface area contributed by atoms with E-state index in [-0.39, 0.29) is 11.9 Å². The fourth-order valence-corrected chi connectivity index (χ4v) is 3.03. The summed E-state index contributed by atoms with van der Waals surface area (Å²) < 4.78 is 16.0. The Morgan fingerprint density at radius 1 is 1.15 bits per heavy atom. The van der Waals surface area contributed by atoms with E-state index in [0.717, 1.165) is 27.5 Å². The van der Waals surface area contributed by atoms with E-state index in [1.165, 1.54) is 6.07 Å². The lowest BCUT2D eigenvalue weighted by Crippen LogP contribution is -2.24. The Labute approximate surface area is 135 Å². The van der Waals surface area contributed by atoms with Crippen LogP contribution in [0.1, 0.15) is 24.1 Å². The average molecular weight is 401 g/mol. The molecule has 106 valence electrons. The minimum atomic E-state index is -0.175. The van der Waals surface area contributed by atoms with Gasteiger partial charge in [-0.15, -0.1) is 0 Å². The van der Waals surface area contributed by atoms with Crippen LogP contribution in [-0.2, 0) is 6.42 Å².